The summed E-state index contributed by atoms with van der Waals surface area (Å²) in [5.41, 5.74) is 0.635. The van der Waals surface area contributed by atoms with Gasteiger partial charge in [-0.1, -0.05) is 13.3 Å². The number of nitrogens with zero attached hydrogens (tertiary/aromatic N) is 2. The Bertz CT molecular complexity index is 493. The smallest absolute Gasteiger partial charge is 0.193 e. The van der Waals surface area contributed by atoms with Gasteiger partial charge in [0.05, 0.1) is 6.54 Å². The van der Waals surface area contributed by atoms with E-state index in [2.05, 4.69) is 34.3 Å². The van der Waals surface area contributed by atoms with E-state index in [0.717, 1.165) is 18.9 Å². The fraction of sp³-hybridized carbons (Fsp3) is 0.688. The summed E-state index contributed by atoms with van der Waals surface area (Å²) in [7, 11) is 1.90. The Morgan fingerprint density at radius 2 is 2.10 bits per heavy atom. The molecule has 0 radical (unpaired) electrons. The molecule has 0 atom stereocenters. The van der Waals surface area contributed by atoms with Crippen molar-refractivity contribution in [3.05, 3.63) is 21.9 Å². The van der Waals surface area contributed by atoms with Crippen LogP contribution in [0.1, 0.15) is 42.4 Å². The number of rotatable bonds is 3. The summed E-state index contributed by atoms with van der Waals surface area (Å²) in [4.78, 5) is 9.79. The van der Waals surface area contributed by atoms with E-state index in [1.165, 1.54) is 48.5 Å². The summed E-state index contributed by atoms with van der Waals surface area (Å²) in [6.07, 6.45) is 6.76. The van der Waals surface area contributed by atoms with Crippen LogP contribution in [0.5, 0.6) is 0 Å². The third kappa shape index (κ3) is 3.73. The van der Waals surface area contributed by atoms with E-state index in [-0.39, 0.29) is 24.0 Å². The lowest BCUT2D eigenvalue weighted by Crippen LogP contribution is -2.42. The van der Waals surface area contributed by atoms with Crippen molar-refractivity contribution in [2.45, 2.75) is 45.6 Å². The van der Waals surface area contributed by atoms with E-state index in [9.17, 15) is 0 Å². The summed E-state index contributed by atoms with van der Waals surface area (Å²) in [5.74, 6) is 1.08. The average Bonchev–Trinajstić information content (AvgIpc) is 3.05. The number of aliphatic imine (C=N–C) groups is 1. The molecule has 0 amide bonds. The number of halogens is 1. The van der Waals surface area contributed by atoms with Crippen LogP contribution < -0.4 is 5.32 Å². The molecule has 0 aromatic carbocycles. The largest absolute Gasteiger partial charge is 0.351 e. The zero-order chi connectivity index (χ0) is 14.0. The van der Waals surface area contributed by atoms with Gasteiger partial charge in [-0.3, -0.25) is 4.99 Å². The topological polar surface area (TPSA) is 27.6 Å². The number of likely N-dealkylation sites (tertiary alicyclic amines) is 1. The van der Waals surface area contributed by atoms with Gasteiger partial charge in [0.1, 0.15) is 0 Å². The lowest BCUT2D eigenvalue weighted by Gasteiger charge is -2.38. The molecule has 1 saturated carbocycles. The van der Waals surface area contributed by atoms with Crippen LogP contribution in [0.25, 0.3) is 0 Å². The number of thiophene rings is 1. The number of hydrogen-bond donors (Lipinski definition) is 1. The molecule has 3 nitrogen and oxygen atoms in total. The maximum atomic E-state index is 4.47. The average molecular weight is 419 g/mol. The molecule has 2 heterocycles. The molecule has 3 rings (SSSR count). The maximum Gasteiger partial charge on any atom is 0.193 e. The molecule has 1 aliphatic carbocycles. The van der Waals surface area contributed by atoms with Crippen molar-refractivity contribution in [3.8, 4) is 0 Å². The summed E-state index contributed by atoms with van der Waals surface area (Å²) < 4.78 is 0. The van der Waals surface area contributed by atoms with Gasteiger partial charge in [0.2, 0.25) is 0 Å². The summed E-state index contributed by atoms with van der Waals surface area (Å²) in [6, 6.07) is 4.48. The van der Waals surface area contributed by atoms with E-state index in [1.807, 2.05) is 18.4 Å². The second kappa shape index (κ2) is 7.31. The molecule has 1 aromatic rings. The minimum Gasteiger partial charge on any atom is -0.351 e. The summed E-state index contributed by atoms with van der Waals surface area (Å²) >= 11 is 1.91. The van der Waals surface area contributed by atoms with Crippen molar-refractivity contribution in [2.24, 2.45) is 10.4 Å². The molecule has 2 fully saturated rings. The van der Waals surface area contributed by atoms with Gasteiger partial charge in [0.25, 0.3) is 0 Å². The van der Waals surface area contributed by atoms with E-state index < -0.39 is 0 Å². The van der Waals surface area contributed by atoms with Crippen LogP contribution in [-0.2, 0) is 13.0 Å². The van der Waals surface area contributed by atoms with E-state index in [0.29, 0.717) is 5.41 Å². The van der Waals surface area contributed by atoms with Crippen molar-refractivity contribution in [3.63, 3.8) is 0 Å². The Balaban J connectivity index is 0.00000161. The molecular formula is C16H26IN3S. The van der Waals surface area contributed by atoms with Gasteiger partial charge >= 0.3 is 0 Å². The first-order valence-corrected chi connectivity index (χ1v) is 8.59. The van der Waals surface area contributed by atoms with Gasteiger partial charge in [0, 0.05) is 29.9 Å². The zero-order valence-corrected chi connectivity index (χ0v) is 16.2. The van der Waals surface area contributed by atoms with Gasteiger partial charge in [0.15, 0.2) is 5.96 Å². The first-order chi connectivity index (χ1) is 9.74. The van der Waals surface area contributed by atoms with Crippen molar-refractivity contribution in [1.29, 1.82) is 0 Å². The zero-order valence-electron chi connectivity index (χ0n) is 13.0. The molecular weight excluding hydrogens is 393 g/mol. The molecule has 1 spiro atoms. The van der Waals surface area contributed by atoms with E-state index in [1.54, 1.807) is 0 Å². The predicted octanol–water partition coefficient (Wildman–Crippen LogP) is 3.88. The van der Waals surface area contributed by atoms with E-state index in [4.69, 9.17) is 0 Å². The Kier molecular flexibility index (Phi) is 5.94. The monoisotopic (exact) mass is 419 g/mol. The van der Waals surface area contributed by atoms with E-state index >= 15 is 0 Å². The highest BCUT2D eigenvalue weighted by Crippen LogP contribution is 2.47. The number of aryl methyl sites for hydroxylation is 1. The first-order valence-electron chi connectivity index (χ1n) is 7.78. The Hall–Kier alpha value is -0.300. The van der Waals surface area contributed by atoms with Crippen molar-refractivity contribution in [2.75, 3.05) is 20.1 Å². The quantitative estimate of drug-likeness (QED) is 0.458. The van der Waals surface area contributed by atoms with Gasteiger partial charge in [-0.25, -0.2) is 0 Å². The molecule has 0 unspecified atom stereocenters. The highest BCUT2D eigenvalue weighted by atomic mass is 127. The minimum atomic E-state index is 0. The third-order valence-electron chi connectivity index (χ3n) is 4.85. The second-order valence-electron chi connectivity index (χ2n) is 6.15. The molecule has 2 aliphatic rings. The first kappa shape index (κ1) is 17.1. The Morgan fingerprint density at radius 3 is 2.62 bits per heavy atom. The fourth-order valence-electron chi connectivity index (χ4n) is 3.41. The molecule has 0 bridgehead atoms. The lowest BCUT2D eigenvalue weighted by atomic mass is 9.68. The maximum absolute atomic E-state index is 4.47. The van der Waals surface area contributed by atoms with Gasteiger partial charge in [-0.05, 0) is 43.2 Å². The van der Waals surface area contributed by atoms with Crippen molar-refractivity contribution < 1.29 is 0 Å². The minimum absolute atomic E-state index is 0. The number of guanidine groups is 1. The van der Waals surface area contributed by atoms with Gasteiger partial charge in [-0.15, -0.1) is 35.3 Å². The number of hydrogen-bond acceptors (Lipinski definition) is 2. The predicted molar refractivity (Wildman–Crippen MR) is 102 cm³/mol. The third-order valence-corrected chi connectivity index (χ3v) is 6.08. The summed E-state index contributed by atoms with van der Waals surface area (Å²) in [6.45, 7) is 5.49. The van der Waals surface area contributed by atoms with Crippen LogP contribution in [0.3, 0.4) is 0 Å². The highest BCUT2D eigenvalue weighted by Gasteiger charge is 2.43. The van der Waals surface area contributed by atoms with Crippen molar-refractivity contribution in [1.82, 2.24) is 10.2 Å². The highest BCUT2D eigenvalue weighted by molar-refractivity contribution is 14.0. The van der Waals surface area contributed by atoms with Crippen LogP contribution in [-0.4, -0.2) is 31.0 Å². The second-order valence-corrected chi connectivity index (χ2v) is 7.40. The normalized spacial score (nSPS) is 20.3. The molecule has 1 aliphatic heterocycles. The molecule has 5 heteroatoms. The Labute approximate surface area is 149 Å². The number of nitrogens with one attached hydrogen (secondary N) is 1. The van der Waals surface area contributed by atoms with Crippen LogP contribution in [0.4, 0.5) is 0 Å². The van der Waals surface area contributed by atoms with Crippen LogP contribution >= 0.6 is 35.3 Å². The van der Waals surface area contributed by atoms with Crippen LogP contribution in [0.2, 0.25) is 0 Å². The molecule has 118 valence electrons. The summed E-state index contributed by atoms with van der Waals surface area (Å²) in [5, 5.41) is 3.54. The Morgan fingerprint density at radius 1 is 1.33 bits per heavy atom. The molecule has 1 aromatic heterocycles. The molecule has 1 N–H and O–H groups in total. The SMILES string of the molecule is CCc1ccc(CNC(=NC)N2CCC3(CCC3)C2)s1.I. The molecule has 1 saturated heterocycles. The van der Waals surface area contributed by atoms with Gasteiger partial charge in [-0.2, -0.15) is 0 Å². The van der Waals surface area contributed by atoms with Gasteiger partial charge < -0.3 is 10.2 Å². The van der Waals surface area contributed by atoms with Crippen LogP contribution in [0.15, 0.2) is 17.1 Å². The lowest BCUT2D eigenvalue weighted by molar-refractivity contribution is 0.151. The fourth-order valence-corrected chi connectivity index (χ4v) is 4.30. The van der Waals surface area contributed by atoms with Crippen molar-refractivity contribution >= 4 is 41.3 Å². The molecule has 21 heavy (non-hydrogen) atoms. The standard InChI is InChI=1S/C16H25N3S.HI/c1-3-13-5-6-14(20-13)11-18-15(17-2)19-10-9-16(12-19)7-4-8-16;/h5-6H,3-4,7-12H2,1-2H3,(H,17,18);1H. The van der Waals surface area contributed by atoms with Crippen LogP contribution in [0, 0.1) is 5.41 Å².